The van der Waals surface area contributed by atoms with Crippen LogP contribution in [0.15, 0.2) is 24.3 Å². The van der Waals surface area contributed by atoms with E-state index < -0.39 is 0 Å². The van der Waals surface area contributed by atoms with Crippen LogP contribution in [0.1, 0.15) is 40.7 Å². The molecule has 0 unspecified atom stereocenters. The number of nitrogens with zero attached hydrogens (tertiary/aromatic N) is 2. The summed E-state index contributed by atoms with van der Waals surface area (Å²) in [7, 11) is 0. The van der Waals surface area contributed by atoms with Gasteiger partial charge >= 0.3 is 0 Å². The molecule has 1 aromatic heterocycles. The van der Waals surface area contributed by atoms with E-state index in [4.69, 9.17) is 0 Å². The maximum absolute atomic E-state index is 12.3. The first-order valence-corrected chi connectivity index (χ1v) is 8.54. The SMILES string of the molecule is CCc1nc(NC(=O)c2ccc(N3C(=O)CCC3=O)cc2)sc1C. The van der Waals surface area contributed by atoms with Crippen molar-refractivity contribution in [2.75, 3.05) is 10.2 Å². The summed E-state index contributed by atoms with van der Waals surface area (Å²) in [5.74, 6) is -0.679. The van der Waals surface area contributed by atoms with Crippen LogP contribution in [0.2, 0.25) is 0 Å². The number of rotatable bonds is 4. The number of amides is 3. The average molecular weight is 343 g/mol. The van der Waals surface area contributed by atoms with Gasteiger partial charge in [0.05, 0.1) is 11.4 Å². The van der Waals surface area contributed by atoms with Crippen molar-refractivity contribution in [1.82, 2.24) is 4.98 Å². The molecule has 1 N–H and O–H groups in total. The maximum Gasteiger partial charge on any atom is 0.257 e. The molecule has 1 aliphatic rings. The van der Waals surface area contributed by atoms with Gasteiger partial charge in [0.25, 0.3) is 5.91 Å². The van der Waals surface area contributed by atoms with Crippen LogP contribution >= 0.6 is 11.3 Å². The summed E-state index contributed by atoms with van der Waals surface area (Å²) in [6.45, 7) is 4.00. The highest BCUT2D eigenvalue weighted by Crippen LogP contribution is 2.25. The van der Waals surface area contributed by atoms with Gasteiger partial charge in [0.15, 0.2) is 5.13 Å². The third-order valence-corrected chi connectivity index (χ3v) is 4.82. The molecule has 0 aliphatic carbocycles. The zero-order valence-corrected chi connectivity index (χ0v) is 14.3. The minimum absolute atomic E-state index is 0.206. The first kappa shape index (κ1) is 16.3. The third kappa shape index (κ3) is 3.07. The summed E-state index contributed by atoms with van der Waals surface area (Å²) in [5.41, 5.74) is 1.93. The molecule has 24 heavy (non-hydrogen) atoms. The van der Waals surface area contributed by atoms with Gasteiger partial charge in [0.2, 0.25) is 11.8 Å². The number of thiazole rings is 1. The molecule has 124 valence electrons. The Morgan fingerprint density at radius 3 is 2.38 bits per heavy atom. The monoisotopic (exact) mass is 343 g/mol. The number of aryl methyl sites for hydroxylation is 2. The minimum atomic E-state index is -0.267. The standard InChI is InChI=1S/C17H17N3O3S/c1-3-13-10(2)24-17(18-13)19-16(23)11-4-6-12(7-5-11)20-14(21)8-9-15(20)22/h4-7H,3,8-9H2,1-2H3,(H,18,19,23). The van der Waals surface area contributed by atoms with E-state index in [2.05, 4.69) is 10.3 Å². The normalized spacial score (nSPS) is 14.3. The lowest BCUT2D eigenvalue weighted by molar-refractivity contribution is -0.121. The van der Waals surface area contributed by atoms with Crippen molar-refractivity contribution in [2.24, 2.45) is 0 Å². The van der Waals surface area contributed by atoms with E-state index in [9.17, 15) is 14.4 Å². The van der Waals surface area contributed by atoms with Crippen LogP contribution in [0.5, 0.6) is 0 Å². The Bertz CT molecular complexity index is 795. The molecule has 1 fully saturated rings. The van der Waals surface area contributed by atoms with Crippen LogP contribution in [0.4, 0.5) is 10.8 Å². The largest absolute Gasteiger partial charge is 0.298 e. The number of imide groups is 1. The fraction of sp³-hybridized carbons (Fsp3) is 0.294. The van der Waals surface area contributed by atoms with E-state index in [-0.39, 0.29) is 30.6 Å². The minimum Gasteiger partial charge on any atom is -0.298 e. The van der Waals surface area contributed by atoms with Crippen molar-refractivity contribution in [1.29, 1.82) is 0 Å². The number of carbonyl (C=O) groups is 3. The molecule has 0 spiro atoms. The van der Waals surface area contributed by atoms with Gasteiger partial charge in [-0.3, -0.25) is 24.6 Å². The van der Waals surface area contributed by atoms with Crippen LogP contribution in [0.25, 0.3) is 0 Å². The summed E-state index contributed by atoms with van der Waals surface area (Å²) in [6, 6.07) is 6.43. The van der Waals surface area contributed by atoms with Crippen LogP contribution in [-0.4, -0.2) is 22.7 Å². The summed E-state index contributed by atoms with van der Waals surface area (Å²) >= 11 is 1.45. The number of hydrogen-bond donors (Lipinski definition) is 1. The molecule has 3 rings (SSSR count). The lowest BCUT2D eigenvalue weighted by Crippen LogP contribution is -2.28. The molecule has 1 aliphatic heterocycles. The summed E-state index contributed by atoms with van der Waals surface area (Å²) in [4.78, 5) is 42.4. The Labute approximate surface area is 143 Å². The van der Waals surface area contributed by atoms with Crippen LogP contribution < -0.4 is 10.2 Å². The third-order valence-electron chi connectivity index (χ3n) is 3.89. The first-order chi connectivity index (χ1) is 11.5. The van der Waals surface area contributed by atoms with Gasteiger partial charge in [0, 0.05) is 23.3 Å². The zero-order chi connectivity index (χ0) is 17.3. The van der Waals surface area contributed by atoms with Crippen molar-refractivity contribution in [3.63, 3.8) is 0 Å². The molecule has 0 bridgehead atoms. The average Bonchev–Trinajstić information content (AvgIpc) is 3.09. The molecular formula is C17H17N3O3S. The van der Waals surface area contributed by atoms with E-state index >= 15 is 0 Å². The topological polar surface area (TPSA) is 79.4 Å². The summed E-state index contributed by atoms with van der Waals surface area (Å²) in [5, 5.41) is 3.35. The van der Waals surface area contributed by atoms with Gasteiger partial charge in [-0.2, -0.15) is 0 Å². The number of anilines is 2. The molecule has 2 aromatic rings. The van der Waals surface area contributed by atoms with E-state index in [0.717, 1.165) is 17.0 Å². The summed E-state index contributed by atoms with van der Waals surface area (Å²) in [6.07, 6.45) is 1.30. The molecular weight excluding hydrogens is 326 g/mol. The molecule has 3 amide bonds. The lowest BCUT2D eigenvalue weighted by atomic mass is 10.2. The Morgan fingerprint density at radius 2 is 1.83 bits per heavy atom. The Morgan fingerprint density at radius 1 is 1.21 bits per heavy atom. The maximum atomic E-state index is 12.3. The van der Waals surface area contributed by atoms with E-state index in [1.54, 1.807) is 24.3 Å². The summed E-state index contributed by atoms with van der Waals surface area (Å²) < 4.78 is 0. The molecule has 0 saturated carbocycles. The quantitative estimate of drug-likeness (QED) is 0.866. The zero-order valence-electron chi connectivity index (χ0n) is 13.5. The smallest absolute Gasteiger partial charge is 0.257 e. The number of benzene rings is 1. The lowest BCUT2D eigenvalue weighted by Gasteiger charge is -2.13. The fourth-order valence-electron chi connectivity index (χ4n) is 2.61. The van der Waals surface area contributed by atoms with Gasteiger partial charge in [-0.15, -0.1) is 11.3 Å². The molecule has 0 atom stereocenters. The van der Waals surface area contributed by atoms with Gasteiger partial charge in [-0.25, -0.2) is 4.98 Å². The first-order valence-electron chi connectivity index (χ1n) is 7.73. The molecule has 1 saturated heterocycles. The van der Waals surface area contributed by atoms with Crippen molar-refractivity contribution in [2.45, 2.75) is 33.1 Å². The molecule has 1 aromatic carbocycles. The second-order valence-electron chi connectivity index (χ2n) is 5.50. The van der Waals surface area contributed by atoms with Crippen LogP contribution in [0, 0.1) is 6.92 Å². The Hall–Kier alpha value is -2.54. The molecule has 6 nitrogen and oxygen atoms in total. The molecule has 7 heteroatoms. The van der Waals surface area contributed by atoms with Gasteiger partial charge in [-0.1, -0.05) is 6.92 Å². The second kappa shape index (κ2) is 6.52. The highest BCUT2D eigenvalue weighted by atomic mass is 32.1. The van der Waals surface area contributed by atoms with Crippen LogP contribution in [-0.2, 0) is 16.0 Å². The second-order valence-corrected chi connectivity index (χ2v) is 6.70. The van der Waals surface area contributed by atoms with E-state index in [0.29, 0.717) is 16.4 Å². The van der Waals surface area contributed by atoms with Crippen molar-refractivity contribution >= 4 is 39.9 Å². The van der Waals surface area contributed by atoms with Gasteiger partial charge in [0.1, 0.15) is 0 Å². The van der Waals surface area contributed by atoms with Crippen molar-refractivity contribution in [3.05, 3.63) is 40.4 Å². The highest BCUT2D eigenvalue weighted by molar-refractivity contribution is 7.15. The number of hydrogen-bond acceptors (Lipinski definition) is 5. The van der Waals surface area contributed by atoms with Crippen molar-refractivity contribution < 1.29 is 14.4 Å². The van der Waals surface area contributed by atoms with Gasteiger partial charge < -0.3 is 0 Å². The predicted octanol–water partition coefficient (Wildman–Crippen LogP) is 2.92. The highest BCUT2D eigenvalue weighted by Gasteiger charge is 2.30. The Balaban J connectivity index is 1.74. The fourth-order valence-corrected chi connectivity index (χ4v) is 3.50. The predicted molar refractivity (Wildman–Crippen MR) is 92.4 cm³/mol. The van der Waals surface area contributed by atoms with E-state index in [1.165, 1.54) is 16.2 Å². The molecule has 0 radical (unpaired) electrons. The van der Waals surface area contributed by atoms with Crippen molar-refractivity contribution in [3.8, 4) is 0 Å². The number of nitrogens with one attached hydrogen (secondary N) is 1. The molecule has 2 heterocycles. The number of aromatic nitrogens is 1. The van der Waals surface area contributed by atoms with Gasteiger partial charge in [-0.05, 0) is 37.6 Å². The number of carbonyl (C=O) groups excluding carboxylic acids is 3. The van der Waals surface area contributed by atoms with Crippen LogP contribution in [0.3, 0.4) is 0 Å². The Kier molecular flexibility index (Phi) is 4.44. The van der Waals surface area contributed by atoms with E-state index in [1.807, 2.05) is 13.8 Å².